The van der Waals surface area contributed by atoms with Gasteiger partial charge in [0, 0.05) is 22.5 Å². The van der Waals surface area contributed by atoms with E-state index in [0.717, 1.165) is 21.3 Å². The van der Waals surface area contributed by atoms with Crippen molar-refractivity contribution in [1.82, 2.24) is 9.97 Å². The summed E-state index contributed by atoms with van der Waals surface area (Å²) in [5.41, 5.74) is 2.03. The van der Waals surface area contributed by atoms with E-state index in [4.69, 9.17) is 16.7 Å². The fraction of sp³-hybridized carbons (Fsp3) is 0.133. The second kappa shape index (κ2) is 6.29. The number of fused-ring (bicyclic) bond motifs is 1. The molecular weight excluding hydrogens is 322 g/mol. The monoisotopic (exact) mass is 333 g/mol. The Bertz CT molecular complexity index is 817. The zero-order chi connectivity index (χ0) is 15.5. The number of halogens is 1. The fourth-order valence-corrected chi connectivity index (χ4v) is 3.18. The van der Waals surface area contributed by atoms with Crippen LogP contribution in [0.25, 0.3) is 21.3 Å². The summed E-state index contributed by atoms with van der Waals surface area (Å²) in [6.45, 7) is 0.317. The van der Waals surface area contributed by atoms with Gasteiger partial charge in [-0.05, 0) is 17.7 Å². The number of anilines is 1. The van der Waals surface area contributed by atoms with Gasteiger partial charge in [0.1, 0.15) is 17.0 Å². The maximum atomic E-state index is 10.6. The zero-order valence-corrected chi connectivity index (χ0v) is 13.0. The Morgan fingerprint density at radius 1 is 1.27 bits per heavy atom. The molecule has 0 atom stereocenters. The van der Waals surface area contributed by atoms with Crippen LogP contribution in [0.4, 0.5) is 5.82 Å². The average molecular weight is 334 g/mol. The van der Waals surface area contributed by atoms with Crippen molar-refractivity contribution in [3.05, 3.63) is 41.0 Å². The maximum Gasteiger partial charge on any atom is 0.305 e. The molecule has 0 spiro atoms. The number of thiophene rings is 1. The molecule has 1 aromatic carbocycles. The standard InChI is InChI=1S/C15H12ClN3O2S/c16-10-3-1-9(2-4-10)11-7-22-15-13(11)14(18-8-19-15)17-6-5-12(20)21/h1-4,7-8H,5-6H2,(H,20,21)(H,17,18,19). The molecule has 0 saturated carbocycles. The third-order valence-corrected chi connectivity index (χ3v) is 4.30. The van der Waals surface area contributed by atoms with Crippen molar-refractivity contribution < 1.29 is 9.90 Å². The lowest BCUT2D eigenvalue weighted by molar-refractivity contribution is -0.136. The van der Waals surface area contributed by atoms with Crippen molar-refractivity contribution in [3.63, 3.8) is 0 Å². The van der Waals surface area contributed by atoms with Crippen molar-refractivity contribution in [3.8, 4) is 11.1 Å². The number of carboxylic acids is 1. The van der Waals surface area contributed by atoms with Crippen LogP contribution in [-0.2, 0) is 4.79 Å². The Morgan fingerprint density at radius 2 is 2.05 bits per heavy atom. The highest BCUT2D eigenvalue weighted by atomic mass is 35.5. The van der Waals surface area contributed by atoms with Crippen LogP contribution in [0.5, 0.6) is 0 Å². The molecule has 0 aliphatic rings. The number of nitrogens with one attached hydrogen (secondary N) is 1. The van der Waals surface area contributed by atoms with Crippen molar-refractivity contribution >= 4 is 44.9 Å². The SMILES string of the molecule is O=C(O)CCNc1ncnc2scc(-c3ccc(Cl)cc3)c12. The summed E-state index contributed by atoms with van der Waals surface area (Å²) in [7, 11) is 0. The van der Waals surface area contributed by atoms with E-state index in [9.17, 15) is 4.79 Å². The normalized spacial score (nSPS) is 10.8. The van der Waals surface area contributed by atoms with Gasteiger partial charge in [-0.25, -0.2) is 9.97 Å². The highest BCUT2D eigenvalue weighted by molar-refractivity contribution is 7.17. The number of rotatable bonds is 5. The van der Waals surface area contributed by atoms with Crippen LogP contribution >= 0.6 is 22.9 Å². The van der Waals surface area contributed by atoms with E-state index in [1.54, 1.807) is 0 Å². The molecule has 0 unspecified atom stereocenters. The summed E-state index contributed by atoms with van der Waals surface area (Å²) in [5.74, 6) is -0.196. The van der Waals surface area contributed by atoms with E-state index in [1.165, 1.54) is 17.7 Å². The molecule has 0 radical (unpaired) electrons. The topological polar surface area (TPSA) is 75.1 Å². The van der Waals surface area contributed by atoms with Gasteiger partial charge in [-0.2, -0.15) is 0 Å². The predicted octanol–water partition coefficient (Wildman–Crippen LogP) is 3.90. The number of carboxylic acid groups (broad SMARTS) is 1. The van der Waals surface area contributed by atoms with Crippen molar-refractivity contribution in [2.45, 2.75) is 6.42 Å². The van der Waals surface area contributed by atoms with E-state index >= 15 is 0 Å². The van der Waals surface area contributed by atoms with E-state index in [-0.39, 0.29) is 6.42 Å². The van der Waals surface area contributed by atoms with E-state index in [1.807, 2.05) is 29.6 Å². The molecule has 5 nitrogen and oxygen atoms in total. The molecule has 3 aromatic rings. The molecule has 22 heavy (non-hydrogen) atoms. The first kappa shape index (κ1) is 14.7. The summed E-state index contributed by atoms with van der Waals surface area (Å²) in [4.78, 5) is 20.0. The first-order chi connectivity index (χ1) is 10.6. The van der Waals surface area contributed by atoms with E-state index in [2.05, 4.69) is 15.3 Å². The summed E-state index contributed by atoms with van der Waals surface area (Å²) >= 11 is 7.46. The highest BCUT2D eigenvalue weighted by Gasteiger charge is 2.13. The molecule has 7 heteroatoms. The van der Waals surface area contributed by atoms with Gasteiger partial charge < -0.3 is 10.4 Å². The van der Waals surface area contributed by atoms with Crippen LogP contribution in [0, 0.1) is 0 Å². The number of hydrogen-bond donors (Lipinski definition) is 2. The molecule has 0 aliphatic heterocycles. The average Bonchev–Trinajstić information content (AvgIpc) is 2.93. The maximum absolute atomic E-state index is 10.6. The first-order valence-corrected chi connectivity index (χ1v) is 7.84. The van der Waals surface area contributed by atoms with Crippen LogP contribution in [0.1, 0.15) is 6.42 Å². The van der Waals surface area contributed by atoms with Crippen molar-refractivity contribution in [2.75, 3.05) is 11.9 Å². The van der Waals surface area contributed by atoms with Gasteiger partial charge in [0.2, 0.25) is 0 Å². The van der Waals surface area contributed by atoms with Crippen LogP contribution in [0.2, 0.25) is 5.02 Å². The first-order valence-electron chi connectivity index (χ1n) is 6.59. The molecule has 0 bridgehead atoms. The fourth-order valence-electron chi connectivity index (χ4n) is 2.14. The summed E-state index contributed by atoms with van der Waals surface area (Å²) < 4.78 is 0. The second-order valence-electron chi connectivity index (χ2n) is 4.63. The summed E-state index contributed by atoms with van der Waals surface area (Å²) in [6, 6.07) is 7.55. The van der Waals surface area contributed by atoms with Gasteiger partial charge in [-0.15, -0.1) is 11.3 Å². The number of nitrogens with zero attached hydrogens (tertiary/aromatic N) is 2. The highest BCUT2D eigenvalue weighted by Crippen LogP contribution is 2.36. The van der Waals surface area contributed by atoms with Crippen LogP contribution in [0.3, 0.4) is 0 Å². The summed E-state index contributed by atoms with van der Waals surface area (Å²) in [6.07, 6.45) is 1.51. The smallest absolute Gasteiger partial charge is 0.305 e. The Kier molecular flexibility index (Phi) is 4.22. The van der Waals surface area contributed by atoms with Gasteiger partial charge in [-0.3, -0.25) is 4.79 Å². The third-order valence-electron chi connectivity index (χ3n) is 3.16. The quantitative estimate of drug-likeness (QED) is 0.740. The molecule has 0 amide bonds. The number of benzene rings is 1. The molecule has 0 aliphatic carbocycles. The third kappa shape index (κ3) is 3.03. The molecule has 2 aromatic heterocycles. The number of hydrogen-bond acceptors (Lipinski definition) is 5. The van der Waals surface area contributed by atoms with Crippen molar-refractivity contribution in [2.24, 2.45) is 0 Å². The van der Waals surface area contributed by atoms with Crippen LogP contribution < -0.4 is 5.32 Å². The second-order valence-corrected chi connectivity index (χ2v) is 5.92. The van der Waals surface area contributed by atoms with E-state index in [0.29, 0.717) is 17.4 Å². The Hall–Kier alpha value is -2.18. The van der Waals surface area contributed by atoms with Crippen molar-refractivity contribution in [1.29, 1.82) is 0 Å². The minimum Gasteiger partial charge on any atom is -0.481 e. The molecule has 3 rings (SSSR count). The van der Waals surface area contributed by atoms with Crippen LogP contribution in [-0.4, -0.2) is 27.6 Å². The Morgan fingerprint density at radius 3 is 2.77 bits per heavy atom. The van der Waals surface area contributed by atoms with Gasteiger partial charge in [0.05, 0.1) is 11.8 Å². The molecular formula is C15H12ClN3O2S. The lowest BCUT2D eigenvalue weighted by atomic mass is 10.1. The molecule has 2 N–H and O–H groups in total. The van der Waals surface area contributed by atoms with Gasteiger partial charge in [0.15, 0.2) is 0 Å². The molecule has 0 fully saturated rings. The largest absolute Gasteiger partial charge is 0.481 e. The summed E-state index contributed by atoms with van der Waals surface area (Å²) in [5, 5.41) is 15.4. The van der Waals surface area contributed by atoms with Gasteiger partial charge >= 0.3 is 5.97 Å². The molecule has 112 valence electrons. The number of aliphatic carboxylic acids is 1. The number of aromatic nitrogens is 2. The minimum atomic E-state index is -0.846. The molecule has 2 heterocycles. The van der Waals surface area contributed by atoms with E-state index < -0.39 is 5.97 Å². The van der Waals surface area contributed by atoms with Crippen LogP contribution in [0.15, 0.2) is 36.0 Å². The lowest BCUT2D eigenvalue weighted by Crippen LogP contribution is -2.09. The van der Waals surface area contributed by atoms with Gasteiger partial charge in [0.25, 0.3) is 0 Å². The molecule has 0 saturated heterocycles. The minimum absolute atomic E-state index is 0.0336. The Balaban J connectivity index is 2.00. The number of carbonyl (C=O) groups is 1. The lowest BCUT2D eigenvalue weighted by Gasteiger charge is -2.07. The Labute approximate surface area is 135 Å². The van der Waals surface area contributed by atoms with Gasteiger partial charge in [-0.1, -0.05) is 23.7 Å². The predicted molar refractivity (Wildman–Crippen MR) is 88.6 cm³/mol. The zero-order valence-electron chi connectivity index (χ0n) is 11.4.